The van der Waals surface area contributed by atoms with Crippen LogP contribution in [-0.4, -0.2) is 31.1 Å². The van der Waals surface area contributed by atoms with Gasteiger partial charge in [0.15, 0.2) is 5.96 Å². The van der Waals surface area contributed by atoms with Gasteiger partial charge in [0.05, 0.1) is 19.3 Å². The van der Waals surface area contributed by atoms with Gasteiger partial charge in [-0.25, -0.2) is 9.98 Å². The summed E-state index contributed by atoms with van der Waals surface area (Å²) in [5, 5.41) is 9.47. The number of halogens is 1. The van der Waals surface area contributed by atoms with E-state index in [1.165, 1.54) is 0 Å². The third kappa shape index (κ3) is 5.98. The second kappa shape index (κ2) is 10.4. The minimum atomic E-state index is 0. The highest BCUT2D eigenvalue weighted by Gasteiger charge is 2.05. The van der Waals surface area contributed by atoms with E-state index in [4.69, 9.17) is 4.74 Å². The molecule has 126 valence electrons. The van der Waals surface area contributed by atoms with Crippen molar-refractivity contribution in [2.75, 3.05) is 20.2 Å². The minimum Gasteiger partial charge on any atom is -0.497 e. The van der Waals surface area contributed by atoms with Crippen LogP contribution >= 0.6 is 35.3 Å². The first-order chi connectivity index (χ1) is 10.8. The predicted octanol–water partition coefficient (Wildman–Crippen LogP) is 3.51. The SMILES string of the molecule is CCNC(=NCc1csc(-c2ccc(OC)cc2)n1)NCC.I. The molecule has 0 atom stereocenters. The third-order valence-electron chi connectivity index (χ3n) is 2.98. The Morgan fingerprint density at radius 3 is 2.39 bits per heavy atom. The summed E-state index contributed by atoms with van der Waals surface area (Å²) in [5.41, 5.74) is 2.07. The van der Waals surface area contributed by atoms with Gasteiger partial charge in [-0.2, -0.15) is 0 Å². The Morgan fingerprint density at radius 1 is 1.17 bits per heavy atom. The van der Waals surface area contributed by atoms with Gasteiger partial charge in [0, 0.05) is 24.0 Å². The van der Waals surface area contributed by atoms with Crippen molar-refractivity contribution < 1.29 is 4.74 Å². The summed E-state index contributed by atoms with van der Waals surface area (Å²) < 4.78 is 5.17. The van der Waals surface area contributed by atoms with Crippen LogP contribution < -0.4 is 15.4 Å². The van der Waals surface area contributed by atoms with E-state index in [1.54, 1.807) is 18.4 Å². The molecule has 1 aromatic carbocycles. The maximum absolute atomic E-state index is 5.17. The van der Waals surface area contributed by atoms with Crippen molar-refractivity contribution in [2.45, 2.75) is 20.4 Å². The molecule has 0 fully saturated rings. The molecular formula is C16H23IN4OS. The Bertz CT molecular complexity index is 605. The number of aliphatic imine (C=N–C) groups is 1. The molecule has 0 saturated carbocycles. The summed E-state index contributed by atoms with van der Waals surface area (Å²) in [5.74, 6) is 1.68. The molecule has 2 N–H and O–H groups in total. The second-order valence-electron chi connectivity index (χ2n) is 4.60. The number of thiazole rings is 1. The van der Waals surface area contributed by atoms with Gasteiger partial charge in [0.1, 0.15) is 10.8 Å². The van der Waals surface area contributed by atoms with Crippen LogP contribution in [0.5, 0.6) is 5.75 Å². The molecule has 1 aromatic heterocycles. The zero-order chi connectivity index (χ0) is 15.8. The Morgan fingerprint density at radius 2 is 1.83 bits per heavy atom. The molecule has 0 spiro atoms. The van der Waals surface area contributed by atoms with E-state index >= 15 is 0 Å². The van der Waals surface area contributed by atoms with Gasteiger partial charge >= 0.3 is 0 Å². The van der Waals surface area contributed by atoms with Crippen LogP contribution in [-0.2, 0) is 6.54 Å². The van der Waals surface area contributed by atoms with Crippen LogP contribution in [0.25, 0.3) is 10.6 Å². The van der Waals surface area contributed by atoms with E-state index < -0.39 is 0 Å². The summed E-state index contributed by atoms with van der Waals surface area (Å²) in [6.45, 7) is 6.37. The maximum atomic E-state index is 5.17. The van der Waals surface area contributed by atoms with Gasteiger partial charge in [-0.3, -0.25) is 0 Å². The molecule has 0 bridgehead atoms. The van der Waals surface area contributed by atoms with Crippen LogP contribution in [0.1, 0.15) is 19.5 Å². The highest BCUT2D eigenvalue weighted by atomic mass is 127. The van der Waals surface area contributed by atoms with E-state index in [9.17, 15) is 0 Å². The largest absolute Gasteiger partial charge is 0.497 e. The van der Waals surface area contributed by atoms with Gasteiger partial charge < -0.3 is 15.4 Å². The average molecular weight is 446 g/mol. The van der Waals surface area contributed by atoms with E-state index in [0.29, 0.717) is 6.54 Å². The fraction of sp³-hybridized carbons (Fsp3) is 0.375. The molecule has 2 rings (SSSR count). The fourth-order valence-electron chi connectivity index (χ4n) is 1.92. The molecule has 7 heteroatoms. The van der Waals surface area contributed by atoms with Crippen LogP contribution in [0.3, 0.4) is 0 Å². The summed E-state index contributed by atoms with van der Waals surface area (Å²) in [6, 6.07) is 7.94. The third-order valence-corrected chi connectivity index (χ3v) is 3.92. The molecule has 1 heterocycles. The number of guanidine groups is 1. The minimum absolute atomic E-state index is 0. The van der Waals surface area contributed by atoms with Crippen molar-refractivity contribution in [3.05, 3.63) is 35.3 Å². The Labute approximate surface area is 158 Å². The average Bonchev–Trinajstić information content (AvgIpc) is 3.02. The Balaban J connectivity index is 0.00000264. The number of nitrogens with zero attached hydrogens (tertiary/aromatic N) is 2. The first-order valence-electron chi connectivity index (χ1n) is 7.37. The van der Waals surface area contributed by atoms with Gasteiger partial charge in [0.25, 0.3) is 0 Å². The molecular weight excluding hydrogens is 423 g/mol. The molecule has 0 aliphatic rings. The van der Waals surface area contributed by atoms with Crippen molar-refractivity contribution in [1.29, 1.82) is 0 Å². The molecule has 2 aromatic rings. The van der Waals surface area contributed by atoms with Gasteiger partial charge in [-0.05, 0) is 38.1 Å². The van der Waals surface area contributed by atoms with E-state index in [-0.39, 0.29) is 24.0 Å². The van der Waals surface area contributed by atoms with Crippen LogP contribution in [0.15, 0.2) is 34.6 Å². The number of hydrogen-bond donors (Lipinski definition) is 2. The van der Waals surface area contributed by atoms with E-state index in [1.807, 2.05) is 24.3 Å². The quantitative estimate of drug-likeness (QED) is 0.405. The molecule has 23 heavy (non-hydrogen) atoms. The monoisotopic (exact) mass is 446 g/mol. The molecule has 0 saturated heterocycles. The van der Waals surface area contributed by atoms with Gasteiger partial charge in [0.2, 0.25) is 0 Å². The first-order valence-corrected chi connectivity index (χ1v) is 8.25. The zero-order valence-corrected chi connectivity index (χ0v) is 16.8. The molecule has 0 unspecified atom stereocenters. The second-order valence-corrected chi connectivity index (χ2v) is 5.46. The molecule has 5 nitrogen and oxygen atoms in total. The highest BCUT2D eigenvalue weighted by molar-refractivity contribution is 14.0. The van der Waals surface area contributed by atoms with Crippen molar-refractivity contribution in [3.8, 4) is 16.3 Å². The summed E-state index contributed by atoms with van der Waals surface area (Å²) >= 11 is 1.63. The Kier molecular flexibility index (Phi) is 8.93. The topological polar surface area (TPSA) is 58.5 Å². The number of hydrogen-bond acceptors (Lipinski definition) is 4. The predicted molar refractivity (Wildman–Crippen MR) is 108 cm³/mol. The number of methoxy groups -OCH3 is 1. The maximum Gasteiger partial charge on any atom is 0.191 e. The normalized spacial score (nSPS) is 9.70. The van der Waals surface area contributed by atoms with Crippen molar-refractivity contribution in [3.63, 3.8) is 0 Å². The summed E-state index contributed by atoms with van der Waals surface area (Å²) in [7, 11) is 1.67. The number of aromatic nitrogens is 1. The van der Waals surface area contributed by atoms with Crippen molar-refractivity contribution in [1.82, 2.24) is 15.6 Å². The lowest BCUT2D eigenvalue weighted by Crippen LogP contribution is -2.36. The van der Waals surface area contributed by atoms with Gasteiger partial charge in [-0.1, -0.05) is 0 Å². The lowest BCUT2D eigenvalue weighted by molar-refractivity contribution is 0.415. The standard InChI is InChI=1S/C16H22N4OS.HI/c1-4-17-16(18-5-2)19-10-13-11-22-15(20-13)12-6-8-14(21-3)9-7-12;/h6-9,11H,4-5,10H2,1-3H3,(H2,17,18,19);1H. The van der Waals surface area contributed by atoms with Crippen LogP contribution in [0.2, 0.25) is 0 Å². The smallest absolute Gasteiger partial charge is 0.191 e. The van der Waals surface area contributed by atoms with E-state index in [0.717, 1.165) is 41.1 Å². The zero-order valence-electron chi connectivity index (χ0n) is 13.6. The number of ether oxygens (including phenoxy) is 1. The highest BCUT2D eigenvalue weighted by Crippen LogP contribution is 2.25. The molecule has 0 radical (unpaired) electrons. The Hall–Kier alpha value is -1.35. The van der Waals surface area contributed by atoms with Crippen molar-refractivity contribution >= 4 is 41.3 Å². The summed E-state index contributed by atoms with van der Waals surface area (Å²) in [6.07, 6.45) is 0. The lowest BCUT2D eigenvalue weighted by atomic mass is 10.2. The molecule has 0 amide bonds. The number of rotatable bonds is 6. The van der Waals surface area contributed by atoms with Crippen molar-refractivity contribution in [2.24, 2.45) is 4.99 Å². The fourth-order valence-corrected chi connectivity index (χ4v) is 2.73. The summed E-state index contributed by atoms with van der Waals surface area (Å²) in [4.78, 5) is 9.17. The van der Waals surface area contributed by atoms with Crippen LogP contribution in [0, 0.1) is 0 Å². The van der Waals surface area contributed by atoms with E-state index in [2.05, 4.69) is 39.8 Å². The number of benzene rings is 1. The van der Waals surface area contributed by atoms with Crippen LogP contribution in [0.4, 0.5) is 0 Å². The first kappa shape index (κ1) is 19.7. The lowest BCUT2D eigenvalue weighted by Gasteiger charge is -2.08. The molecule has 0 aliphatic heterocycles. The van der Waals surface area contributed by atoms with Gasteiger partial charge in [-0.15, -0.1) is 35.3 Å². The molecule has 0 aliphatic carbocycles. The number of nitrogens with one attached hydrogen (secondary N) is 2.